The second-order valence-electron chi connectivity index (χ2n) is 7.13. The summed E-state index contributed by atoms with van der Waals surface area (Å²) in [4.78, 5) is 14.3. The number of likely N-dealkylation sites (tertiary alicyclic amines) is 1. The molecule has 3 rings (SSSR count). The Bertz CT molecular complexity index is 745. The highest BCUT2D eigenvalue weighted by molar-refractivity contribution is 5.34. The van der Waals surface area contributed by atoms with Gasteiger partial charge in [-0.25, -0.2) is 0 Å². The first kappa shape index (κ1) is 16.7. The fourth-order valence-corrected chi connectivity index (χ4v) is 3.97. The van der Waals surface area contributed by atoms with Gasteiger partial charge in [-0.1, -0.05) is 54.1 Å². The summed E-state index contributed by atoms with van der Waals surface area (Å²) in [5, 5.41) is 12.2. The van der Waals surface area contributed by atoms with Crippen molar-refractivity contribution in [1.29, 1.82) is 0 Å². The molecular formula is C20H24N2O2. The molecular weight excluding hydrogens is 300 g/mol. The van der Waals surface area contributed by atoms with E-state index in [-0.39, 0.29) is 10.8 Å². The smallest absolute Gasteiger partial charge is 0.246 e. The molecule has 0 saturated carbocycles. The van der Waals surface area contributed by atoms with E-state index < -0.39 is 5.54 Å². The second-order valence-corrected chi connectivity index (χ2v) is 7.13. The van der Waals surface area contributed by atoms with E-state index in [1.54, 1.807) is 0 Å². The third-order valence-electron chi connectivity index (χ3n) is 5.25. The first-order valence-electron chi connectivity index (χ1n) is 8.36. The van der Waals surface area contributed by atoms with E-state index in [0.29, 0.717) is 13.0 Å². The SMILES string of the molecule is Cc1ccc(C)c(CC2([N+](=O)[O-])CN(C)CC2c2ccccc2)c1. The zero-order valence-electron chi connectivity index (χ0n) is 14.5. The summed E-state index contributed by atoms with van der Waals surface area (Å²) in [5.41, 5.74) is 3.45. The summed E-state index contributed by atoms with van der Waals surface area (Å²) in [6.07, 6.45) is 0.470. The highest BCUT2D eigenvalue weighted by Crippen LogP contribution is 2.40. The zero-order chi connectivity index (χ0) is 17.3. The lowest BCUT2D eigenvalue weighted by Crippen LogP contribution is -2.47. The number of aryl methyl sites for hydroxylation is 2. The second kappa shape index (κ2) is 6.36. The van der Waals surface area contributed by atoms with Crippen LogP contribution in [0, 0.1) is 24.0 Å². The average molecular weight is 324 g/mol. The molecule has 0 N–H and O–H groups in total. The Kier molecular flexibility index (Phi) is 4.41. The topological polar surface area (TPSA) is 46.4 Å². The maximum atomic E-state index is 12.2. The van der Waals surface area contributed by atoms with Gasteiger partial charge in [0.05, 0.1) is 12.5 Å². The maximum absolute atomic E-state index is 12.2. The van der Waals surface area contributed by atoms with Crippen molar-refractivity contribution >= 4 is 0 Å². The number of benzene rings is 2. The highest BCUT2D eigenvalue weighted by Gasteiger charge is 2.56. The van der Waals surface area contributed by atoms with Gasteiger partial charge in [-0.2, -0.15) is 0 Å². The van der Waals surface area contributed by atoms with Gasteiger partial charge in [0.15, 0.2) is 0 Å². The monoisotopic (exact) mass is 324 g/mol. The van der Waals surface area contributed by atoms with Crippen LogP contribution >= 0.6 is 0 Å². The van der Waals surface area contributed by atoms with Gasteiger partial charge >= 0.3 is 0 Å². The number of hydrogen-bond donors (Lipinski definition) is 0. The van der Waals surface area contributed by atoms with E-state index in [1.807, 2.05) is 51.2 Å². The molecule has 2 aromatic carbocycles. The molecule has 24 heavy (non-hydrogen) atoms. The van der Waals surface area contributed by atoms with Crippen molar-refractivity contribution in [3.05, 3.63) is 80.9 Å². The van der Waals surface area contributed by atoms with Crippen molar-refractivity contribution in [3.8, 4) is 0 Å². The van der Waals surface area contributed by atoms with E-state index in [0.717, 1.165) is 28.8 Å². The molecule has 0 aromatic heterocycles. The molecule has 0 radical (unpaired) electrons. The fraction of sp³-hybridized carbons (Fsp3) is 0.400. The molecule has 4 nitrogen and oxygen atoms in total. The third kappa shape index (κ3) is 2.94. The quantitative estimate of drug-likeness (QED) is 0.638. The summed E-state index contributed by atoms with van der Waals surface area (Å²) < 4.78 is 0. The predicted molar refractivity (Wildman–Crippen MR) is 96.0 cm³/mol. The van der Waals surface area contributed by atoms with Crippen molar-refractivity contribution in [2.24, 2.45) is 0 Å². The fourth-order valence-electron chi connectivity index (χ4n) is 3.97. The standard InChI is InChI=1S/C20H24N2O2/c1-15-9-10-16(2)18(11-15)12-20(22(23)24)14-21(3)13-19(20)17-7-5-4-6-8-17/h4-11,19H,12-14H2,1-3H3. The van der Waals surface area contributed by atoms with Crippen molar-refractivity contribution in [1.82, 2.24) is 4.90 Å². The summed E-state index contributed by atoms with van der Waals surface area (Å²) >= 11 is 0. The van der Waals surface area contributed by atoms with Gasteiger partial charge in [-0.05, 0) is 37.6 Å². The molecule has 0 amide bonds. The minimum atomic E-state index is -0.978. The van der Waals surface area contributed by atoms with Crippen LogP contribution in [0.3, 0.4) is 0 Å². The number of likely N-dealkylation sites (N-methyl/N-ethyl adjacent to an activating group) is 1. The van der Waals surface area contributed by atoms with E-state index in [2.05, 4.69) is 23.1 Å². The summed E-state index contributed by atoms with van der Waals surface area (Å²) in [6.45, 7) is 5.28. The molecule has 2 atom stereocenters. The lowest BCUT2D eigenvalue weighted by Gasteiger charge is -2.27. The van der Waals surface area contributed by atoms with Crippen LogP contribution in [0.5, 0.6) is 0 Å². The number of rotatable bonds is 4. The maximum Gasteiger partial charge on any atom is 0.246 e. The Morgan fingerprint density at radius 1 is 1.21 bits per heavy atom. The van der Waals surface area contributed by atoms with E-state index >= 15 is 0 Å². The van der Waals surface area contributed by atoms with Gasteiger partial charge in [-0.15, -0.1) is 0 Å². The van der Waals surface area contributed by atoms with Gasteiger partial charge in [0, 0.05) is 17.9 Å². The van der Waals surface area contributed by atoms with Gasteiger partial charge in [0.2, 0.25) is 5.54 Å². The summed E-state index contributed by atoms with van der Waals surface area (Å²) in [6, 6.07) is 16.2. The molecule has 2 unspecified atom stereocenters. The van der Waals surface area contributed by atoms with Crippen molar-refractivity contribution < 1.29 is 4.92 Å². The average Bonchev–Trinajstić information content (AvgIpc) is 2.89. The van der Waals surface area contributed by atoms with Gasteiger partial charge in [0.25, 0.3) is 0 Å². The lowest BCUT2D eigenvalue weighted by atomic mass is 9.77. The van der Waals surface area contributed by atoms with E-state index in [9.17, 15) is 10.1 Å². The first-order chi connectivity index (χ1) is 11.4. The lowest BCUT2D eigenvalue weighted by molar-refractivity contribution is -0.568. The molecule has 1 saturated heterocycles. The van der Waals surface area contributed by atoms with Gasteiger partial charge < -0.3 is 0 Å². The molecule has 4 heteroatoms. The Labute approximate surface area is 143 Å². The molecule has 0 spiro atoms. The summed E-state index contributed by atoms with van der Waals surface area (Å²) in [7, 11) is 1.98. The number of hydrogen-bond acceptors (Lipinski definition) is 3. The molecule has 1 fully saturated rings. The molecule has 126 valence electrons. The van der Waals surface area contributed by atoms with Crippen LogP contribution in [-0.2, 0) is 6.42 Å². The molecule has 1 heterocycles. The molecule has 1 aliphatic heterocycles. The Morgan fingerprint density at radius 2 is 1.92 bits per heavy atom. The van der Waals surface area contributed by atoms with Crippen LogP contribution in [0.1, 0.15) is 28.2 Å². The van der Waals surface area contributed by atoms with Crippen LogP contribution < -0.4 is 0 Å². The third-order valence-corrected chi connectivity index (χ3v) is 5.25. The van der Waals surface area contributed by atoms with Gasteiger partial charge in [-0.3, -0.25) is 15.0 Å². The van der Waals surface area contributed by atoms with E-state index in [1.165, 1.54) is 0 Å². The minimum Gasteiger partial charge on any atom is -0.299 e. The molecule has 0 aliphatic carbocycles. The number of nitrogens with zero attached hydrogens (tertiary/aromatic N) is 2. The molecule has 0 bridgehead atoms. The van der Waals surface area contributed by atoms with Crippen LogP contribution in [0.2, 0.25) is 0 Å². The van der Waals surface area contributed by atoms with Crippen LogP contribution in [0.4, 0.5) is 0 Å². The molecule has 1 aliphatic rings. The normalized spacial score (nSPS) is 24.2. The van der Waals surface area contributed by atoms with Crippen LogP contribution in [0.15, 0.2) is 48.5 Å². The summed E-state index contributed by atoms with van der Waals surface area (Å²) in [5.74, 6) is -0.0985. The highest BCUT2D eigenvalue weighted by atomic mass is 16.6. The zero-order valence-corrected chi connectivity index (χ0v) is 14.5. The van der Waals surface area contributed by atoms with Crippen molar-refractivity contribution in [2.75, 3.05) is 20.1 Å². The first-order valence-corrected chi connectivity index (χ1v) is 8.36. The van der Waals surface area contributed by atoms with E-state index in [4.69, 9.17) is 0 Å². The molecule has 2 aromatic rings. The van der Waals surface area contributed by atoms with Crippen molar-refractivity contribution in [3.63, 3.8) is 0 Å². The minimum absolute atomic E-state index is 0.0318. The van der Waals surface area contributed by atoms with Crippen molar-refractivity contribution in [2.45, 2.75) is 31.7 Å². The number of nitro groups is 1. The van der Waals surface area contributed by atoms with Crippen LogP contribution in [0.25, 0.3) is 0 Å². The Hall–Kier alpha value is -2.20. The predicted octanol–water partition coefficient (Wildman–Crippen LogP) is 3.59. The van der Waals surface area contributed by atoms with Crippen LogP contribution in [-0.4, -0.2) is 35.5 Å². The largest absolute Gasteiger partial charge is 0.299 e. The Morgan fingerprint density at radius 3 is 2.58 bits per heavy atom. The Balaban J connectivity index is 2.06. The van der Waals surface area contributed by atoms with Gasteiger partial charge in [0.1, 0.15) is 0 Å².